The van der Waals surface area contributed by atoms with Gasteiger partial charge in [-0.3, -0.25) is 4.79 Å². The zero-order valence-corrected chi connectivity index (χ0v) is 12.4. The summed E-state index contributed by atoms with van der Waals surface area (Å²) < 4.78 is 25.5. The molecule has 0 saturated heterocycles. The largest absolute Gasteiger partial charge is 0.272 e. The Balaban J connectivity index is 1.78. The Kier molecular flexibility index (Phi) is 3.72. The Bertz CT molecular complexity index is 917. The van der Waals surface area contributed by atoms with Crippen molar-refractivity contribution >= 4 is 26.8 Å². The molecule has 0 fully saturated rings. The summed E-state index contributed by atoms with van der Waals surface area (Å²) in [4.78, 5) is 12.4. The van der Waals surface area contributed by atoms with Gasteiger partial charge >= 0.3 is 0 Å². The van der Waals surface area contributed by atoms with Crippen molar-refractivity contribution in [3.05, 3.63) is 54.6 Å². The zero-order valence-electron chi connectivity index (χ0n) is 11.6. The second-order valence-corrected chi connectivity index (χ2v) is 6.87. The molecular weight excluding hydrogens is 302 g/mol. The number of aromatic nitrogens is 3. The average Bonchev–Trinajstić information content (AvgIpc) is 2.98. The lowest BCUT2D eigenvalue weighted by atomic mass is 10.3. The van der Waals surface area contributed by atoms with Crippen LogP contribution in [0.25, 0.3) is 11.0 Å². The van der Waals surface area contributed by atoms with Gasteiger partial charge in [-0.25, -0.2) is 8.42 Å². The molecular formula is C15H13N3O3S. The fraction of sp³-hybridized carbons (Fsp3) is 0.133. The second kappa shape index (κ2) is 5.69. The van der Waals surface area contributed by atoms with Crippen molar-refractivity contribution in [1.29, 1.82) is 0 Å². The zero-order chi connectivity index (χ0) is 15.6. The molecule has 0 radical (unpaired) electrons. The molecule has 3 rings (SSSR count). The maximum Gasteiger partial charge on any atom is 0.249 e. The molecule has 0 unspecified atom stereocenters. The number of hydrogen-bond acceptors (Lipinski definition) is 5. The third-order valence-electron chi connectivity index (χ3n) is 3.28. The molecule has 112 valence electrons. The molecule has 0 aliphatic rings. The molecule has 2 aromatic carbocycles. The normalized spacial score (nSPS) is 11.6. The average molecular weight is 315 g/mol. The second-order valence-electron chi connectivity index (χ2n) is 4.77. The number of hydrogen-bond donors (Lipinski definition) is 0. The minimum atomic E-state index is -3.48. The number of para-hydroxylation sites is 1. The monoisotopic (exact) mass is 315 g/mol. The molecule has 1 aromatic heterocycles. The summed E-state index contributed by atoms with van der Waals surface area (Å²) in [6.07, 6.45) is -0.148. The van der Waals surface area contributed by atoms with E-state index in [9.17, 15) is 13.2 Å². The van der Waals surface area contributed by atoms with E-state index in [1.54, 1.807) is 42.5 Å². The fourth-order valence-corrected chi connectivity index (χ4v) is 3.38. The van der Waals surface area contributed by atoms with Crippen LogP contribution in [-0.2, 0) is 9.84 Å². The summed E-state index contributed by atoms with van der Waals surface area (Å²) >= 11 is 0. The van der Waals surface area contributed by atoms with E-state index in [0.717, 1.165) is 4.68 Å². The number of rotatable bonds is 4. The van der Waals surface area contributed by atoms with Crippen LogP contribution in [0.3, 0.4) is 0 Å². The van der Waals surface area contributed by atoms with E-state index in [2.05, 4.69) is 10.3 Å². The highest BCUT2D eigenvalue weighted by atomic mass is 32.2. The van der Waals surface area contributed by atoms with E-state index in [1.165, 1.54) is 12.1 Å². The minimum Gasteiger partial charge on any atom is -0.272 e. The Morgan fingerprint density at radius 3 is 2.45 bits per heavy atom. The molecule has 0 bridgehead atoms. The highest BCUT2D eigenvalue weighted by molar-refractivity contribution is 7.91. The Morgan fingerprint density at radius 2 is 1.68 bits per heavy atom. The van der Waals surface area contributed by atoms with Gasteiger partial charge in [0.05, 0.1) is 16.2 Å². The molecule has 7 heteroatoms. The SMILES string of the molecule is O=C(CCS(=O)(=O)c1ccccc1)n1nnc2ccccc21. The summed E-state index contributed by atoms with van der Waals surface area (Å²) in [7, 11) is -3.48. The van der Waals surface area contributed by atoms with Gasteiger partial charge in [-0.05, 0) is 24.3 Å². The lowest BCUT2D eigenvalue weighted by Gasteiger charge is -2.04. The molecule has 0 aliphatic carbocycles. The maximum absolute atomic E-state index is 12.2. The first kappa shape index (κ1) is 14.4. The van der Waals surface area contributed by atoms with Gasteiger partial charge in [0.15, 0.2) is 9.84 Å². The van der Waals surface area contributed by atoms with Crippen molar-refractivity contribution < 1.29 is 13.2 Å². The van der Waals surface area contributed by atoms with E-state index in [0.29, 0.717) is 11.0 Å². The van der Waals surface area contributed by atoms with Crippen molar-refractivity contribution in [1.82, 2.24) is 15.0 Å². The van der Waals surface area contributed by atoms with Crippen molar-refractivity contribution in [2.75, 3.05) is 5.75 Å². The van der Waals surface area contributed by atoms with E-state index < -0.39 is 15.7 Å². The highest BCUT2D eigenvalue weighted by Gasteiger charge is 2.18. The minimum absolute atomic E-state index is 0.148. The first-order valence-corrected chi connectivity index (χ1v) is 8.34. The first-order valence-electron chi connectivity index (χ1n) is 6.69. The molecule has 3 aromatic rings. The van der Waals surface area contributed by atoms with Gasteiger partial charge in [-0.15, -0.1) is 5.10 Å². The van der Waals surface area contributed by atoms with E-state index >= 15 is 0 Å². The number of nitrogens with zero attached hydrogens (tertiary/aromatic N) is 3. The summed E-state index contributed by atoms with van der Waals surface area (Å²) in [5.41, 5.74) is 1.17. The molecule has 0 N–H and O–H groups in total. The quantitative estimate of drug-likeness (QED) is 0.735. The summed E-state index contributed by atoms with van der Waals surface area (Å²) in [6, 6.07) is 15.1. The van der Waals surface area contributed by atoms with Crippen LogP contribution >= 0.6 is 0 Å². The fourth-order valence-electron chi connectivity index (χ4n) is 2.13. The summed E-state index contributed by atoms with van der Waals surface area (Å²) in [5, 5.41) is 7.68. The summed E-state index contributed by atoms with van der Waals surface area (Å²) in [6.45, 7) is 0. The lowest BCUT2D eigenvalue weighted by Crippen LogP contribution is -2.17. The molecule has 22 heavy (non-hydrogen) atoms. The standard InChI is InChI=1S/C15H13N3O3S/c19-15(18-14-9-5-4-8-13(14)16-17-18)10-11-22(20,21)12-6-2-1-3-7-12/h1-9H,10-11H2. The molecule has 0 amide bonds. The Hall–Kier alpha value is -2.54. The Labute approximate surface area is 127 Å². The van der Waals surface area contributed by atoms with Crippen LogP contribution in [0.2, 0.25) is 0 Å². The number of sulfone groups is 1. The molecule has 0 spiro atoms. The van der Waals surface area contributed by atoms with Crippen molar-refractivity contribution in [2.24, 2.45) is 0 Å². The predicted octanol–water partition coefficient (Wildman–Crippen LogP) is 1.94. The van der Waals surface area contributed by atoms with Crippen LogP contribution in [-0.4, -0.2) is 35.1 Å². The third kappa shape index (κ3) is 2.75. The van der Waals surface area contributed by atoms with Gasteiger partial charge in [-0.2, -0.15) is 4.68 Å². The first-order chi connectivity index (χ1) is 10.6. The van der Waals surface area contributed by atoms with Gasteiger partial charge < -0.3 is 0 Å². The van der Waals surface area contributed by atoms with Crippen LogP contribution < -0.4 is 0 Å². The lowest BCUT2D eigenvalue weighted by molar-refractivity contribution is 0.0897. The van der Waals surface area contributed by atoms with Gasteiger partial charge in [0.1, 0.15) is 5.52 Å². The number of carbonyl (C=O) groups excluding carboxylic acids is 1. The smallest absolute Gasteiger partial charge is 0.249 e. The van der Waals surface area contributed by atoms with Crippen LogP contribution in [0.1, 0.15) is 11.2 Å². The van der Waals surface area contributed by atoms with Crippen molar-refractivity contribution in [3.8, 4) is 0 Å². The number of fused-ring (bicyclic) bond motifs is 1. The van der Waals surface area contributed by atoms with E-state index in [-0.39, 0.29) is 17.1 Å². The number of carbonyl (C=O) groups is 1. The van der Waals surface area contributed by atoms with Gasteiger partial charge in [0.2, 0.25) is 5.91 Å². The van der Waals surface area contributed by atoms with E-state index in [1.807, 2.05) is 0 Å². The highest BCUT2D eigenvalue weighted by Crippen LogP contribution is 2.13. The number of benzene rings is 2. The van der Waals surface area contributed by atoms with Crippen molar-refractivity contribution in [2.45, 2.75) is 11.3 Å². The van der Waals surface area contributed by atoms with E-state index in [4.69, 9.17) is 0 Å². The summed E-state index contributed by atoms with van der Waals surface area (Å²) in [5.74, 6) is -0.655. The van der Waals surface area contributed by atoms with Gasteiger partial charge in [0.25, 0.3) is 0 Å². The molecule has 0 atom stereocenters. The van der Waals surface area contributed by atoms with Gasteiger partial charge in [0, 0.05) is 6.42 Å². The molecule has 1 heterocycles. The van der Waals surface area contributed by atoms with Crippen LogP contribution in [0.4, 0.5) is 0 Å². The maximum atomic E-state index is 12.2. The van der Waals surface area contributed by atoms with Crippen LogP contribution in [0.15, 0.2) is 59.5 Å². The molecule has 6 nitrogen and oxygen atoms in total. The topological polar surface area (TPSA) is 81.9 Å². The Morgan fingerprint density at radius 1 is 1.00 bits per heavy atom. The molecule has 0 aliphatic heterocycles. The van der Waals surface area contributed by atoms with Gasteiger partial charge in [-0.1, -0.05) is 35.5 Å². The van der Waals surface area contributed by atoms with Crippen LogP contribution in [0.5, 0.6) is 0 Å². The third-order valence-corrected chi connectivity index (χ3v) is 5.01. The molecule has 0 saturated carbocycles. The predicted molar refractivity (Wildman–Crippen MR) is 81.3 cm³/mol. The van der Waals surface area contributed by atoms with Crippen molar-refractivity contribution in [3.63, 3.8) is 0 Å². The van der Waals surface area contributed by atoms with Crippen LogP contribution in [0, 0.1) is 0 Å².